The fourth-order valence-corrected chi connectivity index (χ4v) is 2.78. The van der Waals surface area contributed by atoms with E-state index in [1.165, 1.54) is 0 Å². The number of aliphatic hydroxyl groups excluding tert-OH is 2. The quantitative estimate of drug-likeness (QED) is 0.462. The fraction of sp³-hybridized carbons (Fsp3) is 1.00. The first-order valence-electron chi connectivity index (χ1n) is 4.80. The first kappa shape index (κ1) is 9.40. The number of hydrogen-bond donors (Lipinski definition) is 3. The summed E-state index contributed by atoms with van der Waals surface area (Å²) >= 11 is 0. The van der Waals surface area contributed by atoms with Crippen LogP contribution in [0, 0.1) is 5.92 Å². The Morgan fingerprint density at radius 3 is 2.62 bits per heavy atom. The lowest BCUT2D eigenvalue weighted by atomic mass is 9.86. The first-order chi connectivity index (χ1) is 5.98. The SMILES string of the molecule is C[C@H]1[C@H](O)[C@H](O)[C@@]2(O)CC[C@H]1N2C. The molecular formula is C9H17NO3. The molecule has 2 rings (SSSR count). The van der Waals surface area contributed by atoms with Gasteiger partial charge in [0.2, 0.25) is 0 Å². The van der Waals surface area contributed by atoms with Gasteiger partial charge in [0.15, 0.2) is 0 Å². The molecule has 4 nitrogen and oxygen atoms in total. The van der Waals surface area contributed by atoms with Crippen molar-refractivity contribution in [3.8, 4) is 0 Å². The van der Waals surface area contributed by atoms with Crippen LogP contribution < -0.4 is 0 Å². The molecule has 4 heteroatoms. The molecule has 2 saturated heterocycles. The Balaban J connectivity index is 2.34. The zero-order valence-corrected chi connectivity index (χ0v) is 8.01. The largest absolute Gasteiger partial charge is 0.390 e. The number of aliphatic hydroxyl groups is 3. The third-order valence-electron chi connectivity index (χ3n) is 3.86. The topological polar surface area (TPSA) is 63.9 Å². The molecule has 0 aromatic carbocycles. The summed E-state index contributed by atoms with van der Waals surface area (Å²) in [7, 11) is 1.81. The molecule has 0 aromatic rings. The fourth-order valence-electron chi connectivity index (χ4n) is 2.78. The van der Waals surface area contributed by atoms with E-state index in [0.29, 0.717) is 6.42 Å². The van der Waals surface area contributed by atoms with Gasteiger partial charge in [-0.15, -0.1) is 0 Å². The lowest BCUT2D eigenvalue weighted by Crippen LogP contribution is -2.65. The van der Waals surface area contributed by atoms with Gasteiger partial charge in [0.1, 0.15) is 11.8 Å². The Morgan fingerprint density at radius 1 is 1.38 bits per heavy atom. The number of hydrogen-bond acceptors (Lipinski definition) is 4. The Kier molecular flexibility index (Phi) is 1.93. The smallest absolute Gasteiger partial charge is 0.147 e. The molecular weight excluding hydrogens is 170 g/mol. The second-order valence-electron chi connectivity index (χ2n) is 4.39. The van der Waals surface area contributed by atoms with Crippen molar-refractivity contribution < 1.29 is 15.3 Å². The lowest BCUT2D eigenvalue weighted by Gasteiger charge is -2.47. The van der Waals surface area contributed by atoms with Crippen molar-refractivity contribution >= 4 is 0 Å². The van der Waals surface area contributed by atoms with Crippen LogP contribution in [0.25, 0.3) is 0 Å². The van der Waals surface area contributed by atoms with E-state index in [0.717, 1.165) is 6.42 Å². The average Bonchev–Trinajstić information content (AvgIpc) is 2.37. The van der Waals surface area contributed by atoms with Crippen molar-refractivity contribution in [3.63, 3.8) is 0 Å². The molecule has 0 aliphatic carbocycles. The predicted molar refractivity (Wildman–Crippen MR) is 46.9 cm³/mol. The molecule has 76 valence electrons. The van der Waals surface area contributed by atoms with E-state index in [1.807, 2.05) is 14.0 Å². The van der Waals surface area contributed by atoms with Crippen LogP contribution in [0.1, 0.15) is 19.8 Å². The van der Waals surface area contributed by atoms with Crippen molar-refractivity contribution in [2.45, 2.75) is 43.7 Å². The van der Waals surface area contributed by atoms with Gasteiger partial charge in [-0.1, -0.05) is 6.92 Å². The summed E-state index contributed by atoms with van der Waals surface area (Å²) in [5.41, 5.74) is -1.20. The van der Waals surface area contributed by atoms with Crippen LogP contribution in [-0.4, -0.2) is 51.2 Å². The maximum absolute atomic E-state index is 10.1. The van der Waals surface area contributed by atoms with Gasteiger partial charge >= 0.3 is 0 Å². The summed E-state index contributed by atoms with van der Waals surface area (Å²) in [4.78, 5) is 1.80. The molecule has 0 unspecified atom stereocenters. The Morgan fingerprint density at radius 2 is 2.00 bits per heavy atom. The molecule has 2 bridgehead atoms. The molecule has 0 amide bonds. The minimum atomic E-state index is -1.20. The summed E-state index contributed by atoms with van der Waals surface area (Å²) in [5, 5.41) is 29.5. The van der Waals surface area contributed by atoms with E-state index in [-0.39, 0.29) is 12.0 Å². The Bertz CT molecular complexity index is 221. The van der Waals surface area contributed by atoms with Crippen LogP contribution in [0.4, 0.5) is 0 Å². The molecule has 2 fully saturated rings. The number of rotatable bonds is 0. The molecule has 13 heavy (non-hydrogen) atoms. The van der Waals surface area contributed by atoms with Crippen LogP contribution in [0.5, 0.6) is 0 Å². The maximum Gasteiger partial charge on any atom is 0.147 e. The molecule has 0 radical (unpaired) electrons. The van der Waals surface area contributed by atoms with Gasteiger partial charge in [-0.05, 0) is 19.9 Å². The number of piperidine rings is 1. The molecule has 2 aliphatic rings. The highest BCUT2D eigenvalue weighted by atomic mass is 16.4. The standard InChI is InChI=1S/C9H17NO3/c1-5-6-3-4-9(13,10(6)2)8(12)7(5)11/h5-8,11-13H,3-4H2,1-2H3/t5-,6-,7+,8+,9+/m1/s1. The van der Waals surface area contributed by atoms with Crippen LogP contribution >= 0.6 is 0 Å². The average molecular weight is 187 g/mol. The molecule has 2 heterocycles. The van der Waals surface area contributed by atoms with Gasteiger partial charge < -0.3 is 15.3 Å². The predicted octanol–water partition coefficient (Wildman–Crippen LogP) is -0.859. The van der Waals surface area contributed by atoms with Gasteiger partial charge in [0.05, 0.1) is 6.10 Å². The molecule has 3 N–H and O–H groups in total. The number of fused-ring (bicyclic) bond motifs is 2. The highest BCUT2D eigenvalue weighted by Crippen LogP contribution is 2.43. The van der Waals surface area contributed by atoms with Crippen molar-refractivity contribution in [1.82, 2.24) is 4.90 Å². The lowest BCUT2D eigenvalue weighted by molar-refractivity contribution is -0.229. The minimum Gasteiger partial charge on any atom is -0.390 e. The molecule has 0 spiro atoms. The highest BCUT2D eigenvalue weighted by Gasteiger charge is 2.57. The molecule has 5 atom stereocenters. The van der Waals surface area contributed by atoms with Gasteiger partial charge in [-0.3, -0.25) is 4.90 Å². The van der Waals surface area contributed by atoms with Gasteiger partial charge in [0, 0.05) is 12.0 Å². The maximum atomic E-state index is 10.1. The Labute approximate surface area is 77.8 Å². The summed E-state index contributed by atoms with van der Waals surface area (Å²) in [6, 6.07) is 0.198. The molecule has 0 aromatic heterocycles. The number of nitrogens with zero attached hydrogens (tertiary/aromatic N) is 1. The van der Waals surface area contributed by atoms with Crippen molar-refractivity contribution in [2.75, 3.05) is 7.05 Å². The van der Waals surface area contributed by atoms with Crippen LogP contribution in [0.2, 0.25) is 0 Å². The van der Waals surface area contributed by atoms with Crippen LogP contribution in [-0.2, 0) is 0 Å². The zero-order chi connectivity index (χ0) is 9.80. The summed E-state index contributed by atoms with van der Waals surface area (Å²) in [6.45, 7) is 1.92. The van der Waals surface area contributed by atoms with Gasteiger partial charge in [-0.2, -0.15) is 0 Å². The third kappa shape index (κ3) is 1.00. The summed E-state index contributed by atoms with van der Waals surface area (Å²) in [5.74, 6) is 0.0303. The Hall–Kier alpha value is -0.160. The van der Waals surface area contributed by atoms with Gasteiger partial charge in [0.25, 0.3) is 0 Å². The second kappa shape index (κ2) is 2.67. The zero-order valence-electron chi connectivity index (χ0n) is 8.01. The van der Waals surface area contributed by atoms with Crippen molar-refractivity contribution in [1.29, 1.82) is 0 Å². The van der Waals surface area contributed by atoms with Crippen molar-refractivity contribution in [3.05, 3.63) is 0 Å². The summed E-state index contributed by atoms with van der Waals surface area (Å²) < 4.78 is 0. The first-order valence-corrected chi connectivity index (χ1v) is 4.80. The highest BCUT2D eigenvalue weighted by molar-refractivity contribution is 5.06. The second-order valence-corrected chi connectivity index (χ2v) is 4.39. The third-order valence-corrected chi connectivity index (χ3v) is 3.86. The monoisotopic (exact) mass is 187 g/mol. The molecule has 2 aliphatic heterocycles. The van der Waals surface area contributed by atoms with Crippen molar-refractivity contribution in [2.24, 2.45) is 5.92 Å². The van der Waals surface area contributed by atoms with E-state index in [9.17, 15) is 15.3 Å². The normalized spacial score (nSPS) is 57.0. The van der Waals surface area contributed by atoms with E-state index < -0.39 is 17.9 Å². The van der Waals surface area contributed by atoms with E-state index in [1.54, 1.807) is 4.90 Å². The minimum absolute atomic E-state index is 0.0303. The van der Waals surface area contributed by atoms with E-state index in [2.05, 4.69) is 0 Å². The van der Waals surface area contributed by atoms with Crippen LogP contribution in [0.3, 0.4) is 0 Å². The van der Waals surface area contributed by atoms with E-state index >= 15 is 0 Å². The van der Waals surface area contributed by atoms with Crippen LogP contribution in [0.15, 0.2) is 0 Å². The summed E-state index contributed by atoms with van der Waals surface area (Å²) in [6.07, 6.45) is -0.432. The number of likely N-dealkylation sites (N-methyl/N-ethyl adjacent to an activating group) is 1. The van der Waals surface area contributed by atoms with E-state index in [4.69, 9.17) is 0 Å². The molecule has 0 saturated carbocycles. The van der Waals surface area contributed by atoms with Gasteiger partial charge in [-0.25, -0.2) is 0 Å².